The van der Waals surface area contributed by atoms with E-state index in [0.717, 1.165) is 5.39 Å². The molecular formula is C12H9N5O2. The fraction of sp³-hybridized carbons (Fsp3) is 0.0833. The van der Waals surface area contributed by atoms with Crippen molar-refractivity contribution in [3.8, 4) is 0 Å². The molecule has 3 rings (SSSR count). The van der Waals surface area contributed by atoms with Crippen molar-refractivity contribution in [3.63, 3.8) is 0 Å². The first-order valence-electron chi connectivity index (χ1n) is 5.56. The molecule has 0 fully saturated rings. The van der Waals surface area contributed by atoms with Gasteiger partial charge in [0.05, 0.1) is 4.92 Å². The highest BCUT2D eigenvalue weighted by molar-refractivity contribution is 6.06. The number of aromatic nitrogens is 3. The van der Waals surface area contributed by atoms with Crippen LogP contribution >= 0.6 is 0 Å². The van der Waals surface area contributed by atoms with Crippen molar-refractivity contribution in [2.24, 2.45) is 0 Å². The predicted molar refractivity (Wildman–Crippen MR) is 71.0 cm³/mol. The van der Waals surface area contributed by atoms with E-state index in [1.165, 1.54) is 18.5 Å². The van der Waals surface area contributed by atoms with Crippen LogP contribution in [0.5, 0.6) is 0 Å². The van der Waals surface area contributed by atoms with Crippen molar-refractivity contribution in [3.05, 3.63) is 40.8 Å². The van der Waals surface area contributed by atoms with Crippen LogP contribution in [0.4, 0.5) is 11.5 Å². The van der Waals surface area contributed by atoms with E-state index in [4.69, 9.17) is 0 Å². The molecule has 0 aliphatic rings. The van der Waals surface area contributed by atoms with E-state index in [-0.39, 0.29) is 5.69 Å². The van der Waals surface area contributed by atoms with Gasteiger partial charge in [-0.15, -0.1) is 0 Å². The number of pyridine rings is 1. The highest BCUT2D eigenvalue weighted by Crippen LogP contribution is 2.27. The third kappa shape index (κ3) is 1.71. The zero-order valence-electron chi connectivity index (χ0n) is 9.99. The Kier molecular flexibility index (Phi) is 2.45. The summed E-state index contributed by atoms with van der Waals surface area (Å²) in [5.74, 6) is 0.630. The van der Waals surface area contributed by atoms with Gasteiger partial charge in [0.25, 0.3) is 5.69 Å². The minimum Gasteiger partial charge on any atom is -0.371 e. The zero-order chi connectivity index (χ0) is 13.4. The van der Waals surface area contributed by atoms with Crippen molar-refractivity contribution < 1.29 is 4.92 Å². The number of hydrogen-bond donors (Lipinski definition) is 1. The Hall–Kier alpha value is -2.83. The molecule has 0 radical (unpaired) electrons. The van der Waals surface area contributed by atoms with Crippen LogP contribution in [-0.4, -0.2) is 26.9 Å². The van der Waals surface area contributed by atoms with Gasteiger partial charge in [-0.1, -0.05) is 0 Å². The average Bonchev–Trinajstić information content (AvgIpc) is 2.45. The Bertz CT molecular complexity index is 803. The van der Waals surface area contributed by atoms with E-state index in [1.807, 2.05) is 0 Å². The summed E-state index contributed by atoms with van der Waals surface area (Å²) < 4.78 is 0. The van der Waals surface area contributed by atoms with Crippen molar-refractivity contribution >= 4 is 33.3 Å². The molecule has 0 bridgehead atoms. The largest absolute Gasteiger partial charge is 0.371 e. The van der Waals surface area contributed by atoms with Gasteiger partial charge in [0.15, 0.2) is 5.82 Å². The number of fused-ring (bicyclic) bond motifs is 3. The summed E-state index contributed by atoms with van der Waals surface area (Å²) in [5.41, 5.74) is 1.36. The maximum Gasteiger partial charge on any atom is 0.270 e. The summed E-state index contributed by atoms with van der Waals surface area (Å²) >= 11 is 0. The first kappa shape index (κ1) is 11.3. The van der Waals surface area contributed by atoms with Gasteiger partial charge in [-0.3, -0.25) is 15.1 Å². The van der Waals surface area contributed by atoms with Gasteiger partial charge in [0, 0.05) is 36.1 Å². The van der Waals surface area contributed by atoms with Gasteiger partial charge in [-0.25, -0.2) is 9.97 Å². The molecule has 7 heteroatoms. The number of hydrogen-bond acceptors (Lipinski definition) is 6. The molecule has 2 heterocycles. The van der Waals surface area contributed by atoms with Crippen LogP contribution in [0.3, 0.4) is 0 Å². The summed E-state index contributed by atoms with van der Waals surface area (Å²) in [7, 11) is 1.75. The normalized spacial score (nSPS) is 10.8. The van der Waals surface area contributed by atoms with Crippen LogP contribution in [0, 0.1) is 10.1 Å². The van der Waals surface area contributed by atoms with E-state index in [1.54, 1.807) is 19.3 Å². The Balaban J connectivity index is 2.38. The molecular weight excluding hydrogens is 246 g/mol. The van der Waals surface area contributed by atoms with Crippen LogP contribution in [-0.2, 0) is 0 Å². The van der Waals surface area contributed by atoms with Gasteiger partial charge < -0.3 is 5.32 Å². The molecule has 0 spiro atoms. The fourth-order valence-electron chi connectivity index (χ4n) is 2.00. The maximum absolute atomic E-state index is 10.8. The standard InChI is InChI=1S/C12H9N5O2/c1-13-12-11-10(15-6-16-12)9-3-2-8(17(18)19)4-7(9)5-14-11/h2-6H,1H3,(H,13,15,16). The number of nitrogens with one attached hydrogen (secondary N) is 1. The Morgan fingerprint density at radius 3 is 2.79 bits per heavy atom. The Morgan fingerprint density at radius 2 is 2.05 bits per heavy atom. The second-order valence-corrected chi connectivity index (χ2v) is 3.96. The number of benzene rings is 1. The van der Waals surface area contributed by atoms with Gasteiger partial charge in [0.2, 0.25) is 0 Å². The number of nitro benzene ring substituents is 1. The molecule has 0 aliphatic carbocycles. The van der Waals surface area contributed by atoms with Gasteiger partial charge >= 0.3 is 0 Å². The summed E-state index contributed by atoms with van der Waals surface area (Å²) in [6.07, 6.45) is 3.03. The minimum atomic E-state index is -0.428. The van der Waals surface area contributed by atoms with E-state index in [9.17, 15) is 10.1 Å². The molecule has 0 aliphatic heterocycles. The van der Waals surface area contributed by atoms with Crippen molar-refractivity contribution in [2.45, 2.75) is 0 Å². The monoisotopic (exact) mass is 255 g/mol. The molecule has 0 unspecified atom stereocenters. The van der Waals surface area contributed by atoms with Crippen LogP contribution in [0.1, 0.15) is 0 Å². The molecule has 0 saturated heterocycles. The number of nitrogens with zero attached hydrogens (tertiary/aromatic N) is 4. The Morgan fingerprint density at radius 1 is 1.21 bits per heavy atom. The van der Waals surface area contributed by atoms with Gasteiger partial charge in [-0.05, 0) is 6.07 Å². The third-order valence-electron chi connectivity index (χ3n) is 2.89. The lowest BCUT2D eigenvalue weighted by Crippen LogP contribution is -1.97. The number of anilines is 1. The SMILES string of the molecule is CNc1ncnc2c1ncc1cc([N+](=O)[O-])ccc12. The highest BCUT2D eigenvalue weighted by Gasteiger charge is 2.11. The van der Waals surface area contributed by atoms with Gasteiger partial charge in [0.1, 0.15) is 17.4 Å². The summed E-state index contributed by atoms with van der Waals surface area (Å²) in [4.78, 5) is 22.9. The van der Waals surface area contributed by atoms with E-state index in [2.05, 4.69) is 20.3 Å². The lowest BCUT2D eigenvalue weighted by molar-refractivity contribution is -0.384. The van der Waals surface area contributed by atoms with E-state index in [0.29, 0.717) is 22.2 Å². The quantitative estimate of drug-likeness (QED) is 0.428. The molecule has 2 aromatic heterocycles. The van der Waals surface area contributed by atoms with E-state index < -0.39 is 4.92 Å². The molecule has 7 nitrogen and oxygen atoms in total. The molecule has 1 aromatic carbocycles. The number of nitro groups is 1. The van der Waals surface area contributed by atoms with Crippen LogP contribution in [0.25, 0.3) is 21.8 Å². The first-order chi connectivity index (χ1) is 9.20. The molecule has 0 amide bonds. The van der Waals surface area contributed by atoms with Crippen molar-refractivity contribution in [2.75, 3.05) is 12.4 Å². The molecule has 0 atom stereocenters. The lowest BCUT2D eigenvalue weighted by Gasteiger charge is -2.05. The predicted octanol–water partition coefficient (Wildman–Crippen LogP) is 2.13. The molecule has 1 N–H and O–H groups in total. The van der Waals surface area contributed by atoms with Gasteiger partial charge in [-0.2, -0.15) is 0 Å². The number of rotatable bonds is 2. The van der Waals surface area contributed by atoms with Crippen LogP contribution < -0.4 is 5.32 Å². The molecule has 0 saturated carbocycles. The average molecular weight is 255 g/mol. The first-order valence-corrected chi connectivity index (χ1v) is 5.56. The van der Waals surface area contributed by atoms with Crippen LogP contribution in [0.2, 0.25) is 0 Å². The fourth-order valence-corrected chi connectivity index (χ4v) is 2.00. The summed E-state index contributed by atoms with van der Waals surface area (Å²) in [6, 6.07) is 4.63. The summed E-state index contributed by atoms with van der Waals surface area (Å²) in [6.45, 7) is 0. The lowest BCUT2D eigenvalue weighted by atomic mass is 10.1. The smallest absolute Gasteiger partial charge is 0.270 e. The Labute approximate surface area is 107 Å². The van der Waals surface area contributed by atoms with E-state index >= 15 is 0 Å². The summed E-state index contributed by atoms with van der Waals surface area (Å²) in [5, 5.41) is 15.2. The topological polar surface area (TPSA) is 93.8 Å². The van der Waals surface area contributed by atoms with Crippen LogP contribution in [0.15, 0.2) is 30.7 Å². The third-order valence-corrected chi connectivity index (χ3v) is 2.89. The second kappa shape index (κ2) is 4.13. The zero-order valence-corrected chi connectivity index (χ0v) is 9.99. The maximum atomic E-state index is 10.8. The molecule has 19 heavy (non-hydrogen) atoms. The number of non-ortho nitro benzene ring substituents is 1. The second-order valence-electron chi connectivity index (χ2n) is 3.96. The minimum absolute atomic E-state index is 0.0385. The highest BCUT2D eigenvalue weighted by atomic mass is 16.6. The molecule has 94 valence electrons. The molecule has 3 aromatic rings. The van der Waals surface area contributed by atoms with Crippen molar-refractivity contribution in [1.82, 2.24) is 15.0 Å². The van der Waals surface area contributed by atoms with Crippen molar-refractivity contribution in [1.29, 1.82) is 0 Å².